The third-order valence-electron chi connectivity index (χ3n) is 5.62. The largest absolute Gasteiger partial charge is 0.507 e. The molecule has 3 rings (SSSR count). The Balaban J connectivity index is 2.13. The molecule has 32 heavy (non-hydrogen) atoms. The Morgan fingerprint density at radius 1 is 1.09 bits per heavy atom. The lowest BCUT2D eigenvalue weighted by molar-refractivity contribution is -0.140. The number of Topliss-reactive ketones (excluding diaryl/α,β-unsaturated/α-hetero) is 1. The van der Waals surface area contributed by atoms with E-state index in [1.807, 2.05) is 71.0 Å². The van der Waals surface area contributed by atoms with Gasteiger partial charge in [0.1, 0.15) is 11.5 Å². The van der Waals surface area contributed by atoms with Crippen LogP contribution in [0, 0.1) is 13.8 Å². The number of rotatable bonds is 7. The van der Waals surface area contributed by atoms with E-state index in [9.17, 15) is 14.7 Å². The predicted octanol–water partition coefficient (Wildman–Crippen LogP) is 4.07. The van der Waals surface area contributed by atoms with Crippen molar-refractivity contribution in [1.29, 1.82) is 0 Å². The fraction of sp³-hybridized carbons (Fsp3) is 0.385. The molecule has 1 N–H and O–H groups in total. The van der Waals surface area contributed by atoms with Crippen LogP contribution in [0.1, 0.15) is 42.1 Å². The Hall–Kier alpha value is -3.12. The van der Waals surface area contributed by atoms with Gasteiger partial charge in [0.2, 0.25) is 0 Å². The fourth-order valence-electron chi connectivity index (χ4n) is 3.97. The minimum atomic E-state index is -0.658. The Labute approximate surface area is 190 Å². The second kappa shape index (κ2) is 9.57. The molecule has 0 aromatic heterocycles. The lowest BCUT2D eigenvalue weighted by atomic mass is 9.92. The molecule has 170 valence electrons. The van der Waals surface area contributed by atoms with E-state index < -0.39 is 17.7 Å². The van der Waals surface area contributed by atoms with Gasteiger partial charge in [-0.05, 0) is 76.7 Å². The molecule has 1 unspecified atom stereocenters. The van der Waals surface area contributed by atoms with Crippen LogP contribution in [0.3, 0.4) is 0 Å². The van der Waals surface area contributed by atoms with Crippen LogP contribution in [-0.4, -0.2) is 59.9 Å². The second-order valence-electron chi connectivity index (χ2n) is 8.80. The molecule has 2 aromatic carbocycles. The third-order valence-corrected chi connectivity index (χ3v) is 5.62. The van der Waals surface area contributed by atoms with Crippen molar-refractivity contribution in [3.05, 3.63) is 70.3 Å². The first kappa shape index (κ1) is 23.5. The molecule has 0 spiro atoms. The number of ether oxygens (including phenoxy) is 1. The zero-order chi connectivity index (χ0) is 23.6. The summed E-state index contributed by atoms with van der Waals surface area (Å²) in [5, 5.41) is 11.3. The maximum absolute atomic E-state index is 13.1. The molecular formula is C26H32N2O4. The summed E-state index contributed by atoms with van der Waals surface area (Å²) in [5.74, 6) is -0.686. The van der Waals surface area contributed by atoms with Crippen LogP contribution in [0.2, 0.25) is 0 Å². The number of aliphatic hydroxyl groups excluding tert-OH is 1. The monoisotopic (exact) mass is 436 g/mol. The highest BCUT2D eigenvalue weighted by molar-refractivity contribution is 6.46. The molecule has 0 aliphatic carbocycles. The average molecular weight is 437 g/mol. The summed E-state index contributed by atoms with van der Waals surface area (Å²) in [5.41, 5.74) is 3.25. The van der Waals surface area contributed by atoms with Crippen molar-refractivity contribution in [2.45, 2.75) is 39.8 Å². The van der Waals surface area contributed by atoms with Gasteiger partial charge in [-0.1, -0.05) is 24.3 Å². The highest BCUT2D eigenvalue weighted by atomic mass is 16.5. The van der Waals surface area contributed by atoms with Crippen molar-refractivity contribution in [2.75, 3.05) is 27.2 Å². The number of carbonyl (C=O) groups is 2. The minimum Gasteiger partial charge on any atom is -0.507 e. The van der Waals surface area contributed by atoms with Gasteiger partial charge < -0.3 is 19.6 Å². The number of likely N-dealkylation sites (tertiary alicyclic amines) is 1. The van der Waals surface area contributed by atoms with Crippen molar-refractivity contribution in [1.82, 2.24) is 9.80 Å². The molecule has 1 atom stereocenters. The van der Waals surface area contributed by atoms with Gasteiger partial charge in [0, 0.05) is 18.7 Å². The second-order valence-corrected chi connectivity index (χ2v) is 8.80. The average Bonchev–Trinajstić information content (AvgIpc) is 2.97. The number of ketones is 1. The first-order valence-electron chi connectivity index (χ1n) is 10.9. The Bertz CT molecular complexity index is 1060. The number of amides is 1. The van der Waals surface area contributed by atoms with Gasteiger partial charge in [0.05, 0.1) is 17.7 Å². The molecule has 1 fully saturated rings. The van der Waals surface area contributed by atoms with E-state index in [4.69, 9.17) is 4.74 Å². The number of hydrogen-bond acceptors (Lipinski definition) is 5. The molecule has 0 radical (unpaired) electrons. The van der Waals surface area contributed by atoms with Gasteiger partial charge in [-0.3, -0.25) is 9.59 Å². The number of carbonyl (C=O) groups excluding carboxylic acids is 2. The van der Waals surface area contributed by atoms with Gasteiger partial charge in [0.15, 0.2) is 0 Å². The van der Waals surface area contributed by atoms with Gasteiger partial charge >= 0.3 is 0 Å². The van der Waals surface area contributed by atoms with E-state index in [2.05, 4.69) is 0 Å². The zero-order valence-corrected chi connectivity index (χ0v) is 19.7. The van der Waals surface area contributed by atoms with Crippen molar-refractivity contribution in [3.8, 4) is 5.75 Å². The Morgan fingerprint density at radius 2 is 1.78 bits per heavy atom. The molecule has 2 aromatic rings. The van der Waals surface area contributed by atoms with Crippen LogP contribution < -0.4 is 4.74 Å². The lowest BCUT2D eigenvalue weighted by Gasteiger charge is -2.27. The number of likely N-dealkylation sites (N-methyl/N-ethyl adjacent to an activating group) is 1. The summed E-state index contributed by atoms with van der Waals surface area (Å²) in [6.07, 6.45) is 0.0243. The molecule has 1 heterocycles. The summed E-state index contributed by atoms with van der Waals surface area (Å²) in [4.78, 5) is 29.6. The van der Waals surface area contributed by atoms with E-state index in [0.29, 0.717) is 18.7 Å². The number of benzene rings is 2. The van der Waals surface area contributed by atoms with Crippen molar-refractivity contribution in [3.63, 3.8) is 0 Å². The van der Waals surface area contributed by atoms with Crippen molar-refractivity contribution >= 4 is 17.4 Å². The molecular weight excluding hydrogens is 404 g/mol. The van der Waals surface area contributed by atoms with Gasteiger partial charge in [-0.2, -0.15) is 0 Å². The summed E-state index contributed by atoms with van der Waals surface area (Å²) in [6, 6.07) is 12.3. The highest BCUT2D eigenvalue weighted by Gasteiger charge is 2.46. The third kappa shape index (κ3) is 4.70. The zero-order valence-electron chi connectivity index (χ0n) is 19.7. The summed E-state index contributed by atoms with van der Waals surface area (Å²) < 4.78 is 5.79. The number of aliphatic hydroxyl groups is 1. The normalized spacial score (nSPS) is 18.1. The van der Waals surface area contributed by atoms with E-state index in [-0.39, 0.29) is 17.4 Å². The summed E-state index contributed by atoms with van der Waals surface area (Å²) in [7, 11) is 3.84. The maximum atomic E-state index is 13.1. The SMILES string of the molecule is Cc1cc(/C(O)=C2\C(=O)C(=O)N(CCN(C)C)C2c2ccccc2C)ccc1OC(C)C. The van der Waals surface area contributed by atoms with Crippen LogP contribution in [-0.2, 0) is 9.59 Å². The number of nitrogens with zero attached hydrogens (tertiary/aromatic N) is 2. The lowest BCUT2D eigenvalue weighted by Crippen LogP contribution is -2.35. The summed E-state index contributed by atoms with van der Waals surface area (Å²) >= 11 is 0. The first-order valence-corrected chi connectivity index (χ1v) is 10.9. The van der Waals surface area contributed by atoms with Crippen LogP contribution in [0.25, 0.3) is 5.76 Å². The van der Waals surface area contributed by atoms with E-state index in [0.717, 1.165) is 22.4 Å². The van der Waals surface area contributed by atoms with Gasteiger partial charge in [0.25, 0.3) is 11.7 Å². The van der Waals surface area contributed by atoms with E-state index >= 15 is 0 Å². The topological polar surface area (TPSA) is 70.1 Å². The van der Waals surface area contributed by atoms with Crippen LogP contribution in [0.15, 0.2) is 48.0 Å². The quantitative estimate of drug-likeness (QED) is 0.402. The standard InChI is InChI=1S/C26H32N2O4/c1-16(2)32-21-12-11-19(15-18(21)4)24(29)22-23(20-10-8-7-9-17(20)3)28(14-13-27(5)6)26(31)25(22)30/h7-12,15-16,23,29H,13-14H2,1-6H3/b24-22+. The van der Waals surface area contributed by atoms with Gasteiger partial charge in [-0.15, -0.1) is 0 Å². The van der Waals surface area contributed by atoms with Crippen molar-refractivity contribution < 1.29 is 19.4 Å². The van der Waals surface area contributed by atoms with Crippen molar-refractivity contribution in [2.24, 2.45) is 0 Å². The van der Waals surface area contributed by atoms with E-state index in [1.165, 1.54) is 0 Å². The highest BCUT2D eigenvalue weighted by Crippen LogP contribution is 2.40. The predicted molar refractivity (Wildman–Crippen MR) is 126 cm³/mol. The minimum absolute atomic E-state index is 0.0243. The first-order chi connectivity index (χ1) is 15.1. The molecule has 6 heteroatoms. The molecule has 6 nitrogen and oxygen atoms in total. The molecule has 1 aliphatic heterocycles. The van der Waals surface area contributed by atoms with Gasteiger partial charge in [-0.25, -0.2) is 0 Å². The van der Waals surface area contributed by atoms with Crippen LogP contribution in [0.5, 0.6) is 5.75 Å². The fourth-order valence-corrected chi connectivity index (χ4v) is 3.97. The molecule has 0 bridgehead atoms. The van der Waals surface area contributed by atoms with Crippen LogP contribution >= 0.6 is 0 Å². The molecule has 1 saturated heterocycles. The maximum Gasteiger partial charge on any atom is 0.295 e. The Kier molecular flexibility index (Phi) is 7.04. The summed E-state index contributed by atoms with van der Waals surface area (Å²) in [6.45, 7) is 8.73. The number of aryl methyl sites for hydroxylation is 2. The van der Waals surface area contributed by atoms with Crippen LogP contribution in [0.4, 0.5) is 0 Å². The van der Waals surface area contributed by atoms with E-state index in [1.54, 1.807) is 23.1 Å². The Morgan fingerprint density at radius 3 is 2.38 bits per heavy atom. The smallest absolute Gasteiger partial charge is 0.295 e. The molecule has 0 saturated carbocycles. The molecule has 1 aliphatic rings. The number of hydrogen-bond donors (Lipinski definition) is 1. The molecule has 1 amide bonds.